The number of nitrogens with one attached hydrogen (secondary N) is 1. The molecule has 5 rings (SSSR count). The number of ether oxygens (including phenoxy) is 1. The van der Waals surface area contributed by atoms with Gasteiger partial charge in [0, 0.05) is 12.3 Å². The van der Waals surface area contributed by atoms with Crippen molar-refractivity contribution in [2.75, 3.05) is 5.32 Å². The first-order chi connectivity index (χ1) is 15.2. The Morgan fingerprint density at radius 3 is 2.66 bits per heavy atom. The maximum Gasteiger partial charge on any atom is 0.276 e. The first kappa shape index (κ1) is 20.6. The number of hydrogen-bond donors (Lipinski definition) is 2. The molecule has 10 heteroatoms. The molecule has 32 heavy (non-hydrogen) atoms. The third-order valence-corrected chi connectivity index (χ3v) is 6.78. The lowest BCUT2D eigenvalue weighted by Gasteiger charge is -2.34. The lowest BCUT2D eigenvalue weighted by molar-refractivity contribution is -0.0627. The molecule has 168 valence electrons. The van der Waals surface area contributed by atoms with Gasteiger partial charge >= 0.3 is 0 Å². The van der Waals surface area contributed by atoms with Crippen LogP contribution in [0.3, 0.4) is 0 Å². The molecule has 3 aliphatic rings. The van der Waals surface area contributed by atoms with E-state index < -0.39 is 52.0 Å². The lowest BCUT2D eigenvalue weighted by Crippen LogP contribution is -2.50. The number of aromatic nitrogens is 1. The van der Waals surface area contributed by atoms with E-state index in [1.54, 1.807) is 4.90 Å². The summed E-state index contributed by atoms with van der Waals surface area (Å²) in [6.45, 7) is 2.04. The van der Waals surface area contributed by atoms with Gasteiger partial charge in [-0.2, -0.15) is 0 Å². The smallest absolute Gasteiger partial charge is 0.276 e. The SMILES string of the molecule is C[C@H]1N2C(=O)c3c(O)c(=O)c(C(=O)Nc4ccc(F)cc4F)cn3C[C@@H]2OC12CCCC2. The van der Waals surface area contributed by atoms with Crippen LogP contribution in [0.1, 0.15) is 53.5 Å². The third kappa shape index (κ3) is 2.93. The van der Waals surface area contributed by atoms with Gasteiger partial charge in [0.1, 0.15) is 17.2 Å². The van der Waals surface area contributed by atoms with Crippen LogP contribution in [0.15, 0.2) is 29.2 Å². The largest absolute Gasteiger partial charge is 0.503 e. The minimum Gasteiger partial charge on any atom is -0.503 e. The van der Waals surface area contributed by atoms with Crippen LogP contribution >= 0.6 is 0 Å². The summed E-state index contributed by atoms with van der Waals surface area (Å²) in [4.78, 5) is 40.1. The molecule has 1 aromatic carbocycles. The Balaban J connectivity index is 1.50. The maximum absolute atomic E-state index is 13.9. The van der Waals surface area contributed by atoms with Crippen molar-refractivity contribution >= 4 is 17.5 Å². The molecule has 0 bridgehead atoms. The predicted molar refractivity (Wildman–Crippen MR) is 108 cm³/mol. The number of fused-ring (bicyclic) bond motifs is 2. The fourth-order valence-corrected chi connectivity index (χ4v) is 5.12. The van der Waals surface area contributed by atoms with E-state index in [1.165, 1.54) is 4.57 Å². The maximum atomic E-state index is 13.9. The third-order valence-electron chi connectivity index (χ3n) is 6.78. The number of carbonyl (C=O) groups excluding carboxylic acids is 2. The first-order valence-electron chi connectivity index (χ1n) is 10.4. The number of nitrogens with zero attached hydrogens (tertiary/aromatic N) is 2. The zero-order valence-corrected chi connectivity index (χ0v) is 17.2. The summed E-state index contributed by atoms with van der Waals surface area (Å²) < 4.78 is 34.6. The summed E-state index contributed by atoms with van der Waals surface area (Å²) in [7, 11) is 0. The topological polar surface area (TPSA) is 101 Å². The minimum atomic E-state index is -1.05. The molecule has 2 aromatic rings. The molecule has 1 aromatic heterocycles. The molecule has 3 heterocycles. The average Bonchev–Trinajstić information content (AvgIpc) is 3.32. The number of aromatic hydroxyl groups is 1. The van der Waals surface area contributed by atoms with Gasteiger partial charge in [-0.05, 0) is 31.9 Å². The van der Waals surface area contributed by atoms with Gasteiger partial charge in [0.15, 0.2) is 17.7 Å². The molecule has 8 nitrogen and oxygen atoms in total. The highest BCUT2D eigenvalue weighted by atomic mass is 19.1. The Bertz CT molecular complexity index is 1200. The Kier molecular flexibility index (Phi) is 4.59. The monoisotopic (exact) mass is 445 g/mol. The van der Waals surface area contributed by atoms with Gasteiger partial charge < -0.3 is 24.6 Å². The van der Waals surface area contributed by atoms with Crippen molar-refractivity contribution in [1.82, 2.24) is 9.47 Å². The van der Waals surface area contributed by atoms with Crippen LogP contribution in [0.25, 0.3) is 0 Å². The molecule has 1 aliphatic carbocycles. The number of anilines is 1. The number of hydrogen-bond acceptors (Lipinski definition) is 5. The van der Waals surface area contributed by atoms with Crippen molar-refractivity contribution in [2.24, 2.45) is 0 Å². The molecule has 1 spiro atoms. The van der Waals surface area contributed by atoms with Crippen LogP contribution in [-0.2, 0) is 11.3 Å². The summed E-state index contributed by atoms with van der Waals surface area (Å²) in [5.74, 6) is -4.21. The van der Waals surface area contributed by atoms with Crippen LogP contribution in [0.5, 0.6) is 5.75 Å². The fraction of sp³-hybridized carbons (Fsp3) is 0.409. The van der Waals surface area contributed by atoms with Crippen molar-refractivity contribution in [1.29, 1.82) is 0 Å². The number of halogens is 2. The van der Waals surface area contributed by atoms with Crippen molar-refractivity contribution in [3.63, 3.8) is 0 Å². The second-order valence-corrected chi connectivity index (χ2v) is 8.53. The predicted octanol–water partition coefficient (Wildman–Crippen LogP) is 2.60. The molecule has 0 radical (unpaired) electrons. The van der Waals surface area contributed by atoms with Crippen LogP contribution in [0.4, 0.5) is 14.5 Å². The number of rotatable bonds is 2. The molecule has 2 N–H and O–H groups in total. The number of pyridine rings is 1. The lowest BCUT2D eigenvalue weighted by atomic mass is 9.93. The molecule has 0 unspecified atom stereocenters. The molecular weight excluding hydrogens is 424 g/mol. The van der Waals surface area contributed by atoms with Crippen molar-refractivity contribution in [2.45, 2.75) is 57.0 Å². The van der Waals surface area contributed by atoms with E-state index in [0.717, 1.165) is 44.0 Å². The number of benzene rings is 1. The van der Waals surface area contributed by atoms with E-state index in [-0.39, 0.29) is 24.0 Å². The highest BCUT2D eigenvalue weighted by Crippen LogP contribution is 2.46. The summed E-state index contributed by atoms with van der Waals surface area (Å²) in [6, 6.07) is 2.36. The standard InChI is InChI=1S/C22H21F2N3O5/c1-11-22(6-2-3-7-22)32-16-10-26-9-13(18(28)19(29)17(26)21(31)27(11)16)20(30)25-15-5-4-12(23)8-14(15)24/h4-5,8-9,11,16,29H,2-3,6-7,10H2,1H3,(H,25,30)/t11-,16+/m1/s1. The fourth-order valence-electron chi connectivity index (χ4n) is 5.12. The summed E-state index contributed by atoms with van der Waals surface area (Å²) in [5.41, 5.74) is -2.50. The number of amides is 2. The van der Waals surface area contributed by atoms with Gasteiger partial charge in [0.05, 0.1) is 23.9 Å². The van der Waals surface area contributed by atoms with Crippen LogP contribution in [0.2, 0.25) is 0 Å². The van der Waals surface area contributed by atoms with Crippen LogP contribution < -0.4 is 10.7 Å². The second kappa shape index (κ2) is 7.13. The number of carbonyl (C=O) groups is 2. The highest BCUT2D eigenvalue weighted by molar-refractivity contribution is 6.05. The molecule has 2 fully saturated rings. The summed E-state index contributed by atoms with van der Waals surface area (Å²) in [5, 5.41) is 12.7. The summed E-state index contributed by atoms with van der Waals surface area (Å²) >= 11 is 0. The van der Waals surface area contributed by atoms with Gasteiger partial charge in [-0.1, -0.05) is 12.8 Å². The van der Waals surface area contributed by atoms with E-state index in [1.807, 2.05) is 6.92 Å². The van der Waals surface area contributed by atoms with Gasteiger partial charge in [-0.3, -0.25) is 14.4 Å². The average molecular weight is 445 g/mol. The highest BCUT2D eigenvalue weighted by Gasteiger charge is 2.56. The van der Waals surface area contributed by atoms with Crippen LogP contribution in [-0.4, -0.2) is 44.3 Å². The first-order valence-corrected chi connectivity index (χ1v) is 10.4. The Morgan fingerprint density at radius 2 is 1.97 bits per heavy atom. The minimum absolute atomic E-state index is 0.131. The van der Waals surface area contributed by atoms with Gasteiger partial charge in [0.25, 0.3) is 11.8 Å². The van der Waals surface area contributed by atoms with Crippen molar-refractivity contribution < 1.29 is 28.2 Å². The van der Waals surface area contributed by atoms with E-state index in [0.29, 0.717) is 6.07 Å². The van der Waals surface area contributed by atoms with E-state index in [4.69, 9.17) is 4.74 Å². The quantitative estimate of drug-likeness (QED) is 0.740. The van der Waals surface area contributed by atoms with E-state index in [2.05, 4.69) is 5.32 Å². The molecule has 2 atom stereocenters. The Hall–Kier alpha value is -3.27. The molecule has 2 aliphatic heterocycles. The van der Waals surface area contributed by atoms with Crippen molar-refractivity contribution in [3.05, 3.63) is 57.5 Å². The molecule has 2 amide bonds. The van der Waals surface area contributed by atoms with E-state index >= 15 is 0 Å². The van der Waals surface area contributed by atoms with Gasteiger partial charge in [0.2, 0.25) is 5.43 Å². The molecular formula is C22H21F2N3O5. The van der Waals surface area contributed by atoms with Crippen molar-refractivity contribution in [3.8, 4) is 5.75 Å². The Morgan fingerprint density at radius 1 is 1.25 bits per heavy atom. The normalized spacial score (nSPS) is 23.3. The van der Waals surface area contributed by atoms with E-state index in [9.17, 15) is 28.3 Å². The summed E-state index contributed by atoms with van der Waals surface area (Å²) in [6.07, 6.45) is 4.22. The van der Waals surface area contributed by atoms with Crippen LogP contribution in [0, 0.1) is 11.6 Å². The molecule has 1 saturated carbocycles. The Labute approximate surface area is 181 Å². The second-order valence-electron chi connectivity index (χ2n) is 8.53. The molecule has 1 saturated heterocycles. The van der Waals surface area contributed by atoms with Gasteiger partial charge in [-0.15, -0.1) is 0 Å². The zero-order chi connectivity index (χ0) is 22.8. The zero-order valence-electron chi connectivity index (χ0n) is 17.2. The van der Waals surface area contributed by atoms with Gasteiger partial charge in [-0.25, -0.2) is 8.78 Å².